The minimum absolute atomic E-state index is 0.0993. The molecule has 0 radical (unpaired) electrons. The van der Waals surface area contributed by atoms with E-state index >= 15 is 0 Å². The van der Waals surface area contributed by atoms with Gasteiger partial charge in [0.25, 0.3) is 0 Å². The highest BCUT2D eigenvalue weighted by Crippen LogP contribution is 2.25. The second-order valence-corrected chi connectivity index (χ2v) is 8.71. The Morgan fingerprint density at radius 1 is 1.25 bits per heavy atom. The molecule has 4 rings (SSSR count). The SMILES string of the molecule is Cc1ccc2nc(-c3ccc(SCC(=O)N[C@@H]4CCCC[C@H]4C)nc3)[nH]c2c1. The molecule has 1 fully saturated rings. The van der Waals surface area contributed by atoms with Crippen LogP contribution in [0.15, 0.2) is 41.6 Å². The number of carbonyl (C=O) groups excluding carboxylic acids is 1. The Labute approximate surface area is 169 Å². The number of nitrogens with zero attached hydrogens (tertiary/aromatic N) is 2. The van der Waals surface area contributed by atoms with Crippen molar-refractivity contribution in [3.63, 3.8) is 0 Å². The smallest absolute Gasteiger partial charge is 0.230 e. The number of hydrogen-bond acceptors (Lipinski definition) is 4. The Kier molecular flexibility index (Phi) is 5.67. The fourth-order valence-corrected chi connectivity index (χ4v) is 4.44. The van der Waals surface area contributed by atoms with Crippen LogP contribution in [-0.4, -0.2) is 32.7 Å². The van der Waals surface area contributed by atoms with E-state index in [1.807, 2.05) is 24.4 Å². The molecular formula is C22H26N4OS. The van der Waals surface area contributed by atoms with Crippen molar-refractivity contribution in [2.24, 2.45) is 5.92 Å². The van der Waals surface area contributed by atoms with Crippen LogP contribution in [0.4, 0.5) is 0 Å². The summed E-state index contributed by atoms with van der Waals surface area (Å²) in [7, 11) is 0. The molecule has 0 bridgehead atoms. The van der Waals surface area contributed by atoms with Crippen LogP contribution in [-0.2, 0) is 4.79 Å². The molecule has 1 aromatic carbocycles. The Morgan fingerprint density at radius 3 is 2.89 bits per heavy atom. The van der Waals surface area contributed by atoms with E-state index in [1.165, 1.54) is 36.6 Å². The summed E-state index contributed by atoms with van der Waals surface area (Å²) < 4.78 is 0. The van der Waals surface area contributed by atoms with E-state index in [0.29, 0.717) is 17.7 Å². The number of carbonyl (C=O) groups is 1. The van der Waals surface area contributed by atoms with Crippen LogP contribution < -0.4 is 5.32 Å². The monoisotopic (exact) mass is 394 g/mol. The van der Waals surface area contributed by atoms with Gasteiger partial charge in [-0.3, -0.25) is 4.79 Å². The molecule has 6 heteroatoms. The van der Waals surface area contributed by atoms with Gasteiger partial charge in [0, 0.05) is 17.8 Å². The summed E-state index contributed by atoms with van der Waals surface area (Å²) in [5, 5.41) is 4.04. The van der Waals surface area contributed by atoms with Gasteiger partial charge in [-0.2, -0.15) is 0 Å². The van der Waals surface area contributed by atoms with Gasteiger partial charge in [0.15, 0.2) is 0 Å². The van der Waals surface area contributed by atoms with Crippen molar-refractivity contribution < 1.29 is 4.79 Å². The maximum atomic E-state index is 12.3. The van der Waals surface area contributed by atoms with Gasteiger partial charge in [-0.05, 0) is 55.5 Å². The van der Waals surface area contributed by atoms with Gasteiger partial charge in [0.2, 0.25) is 5.91 Å². The molecule has 0 saturated heterocycles. The van der Waals surface area contributed by atoms with Crippen molar-refractivity contribution in [2.75, 3.05) is 5.75 Å². The standard InChI is InChI=1S/C22H26N4OS/c1-14-7-9-18-19(11-14)26-22(25-18)16-8-10-21(23-12-16)28-13-20(27)24-17-6-4-3-5-15(17)2/h7-12,15,17H,3-6,13H2,1-2H3,(H,24,27)(H,25,26)/t15-,17-/m1/s1. The molecule has 0 spiro atoms. The van der Waals surface area contributed by atoms with Gasteiger partial charge in [-0.1, -0.05) is 37.6 Å². The van der Waals surface area contributed by atoms with E-state index in [0.717, 1.165) is 33.9 Å². The molecular weight excluding hydrogens is 368 g/mol. The minimum atomic E-state index is 0.0993. The van der Waals surface area contributed by atoms with Crippen molar-refractivity contribution >= 4 is 28.7 Å². The molecule has 2 N–H and O–H groups in total. The molecule has 1 aliphatic carbocycles. The first-order chi connectivity index (χ1) is 13.6. The highest BCUT2D eigenvalue weighted by molar-refractivity contribution is 7.99. The number of rotatable bonds is 5. The number of thioether (sulfide) groups is 1. The van der Waals surface area contributed by atoms with Crippen LogP contribution in [0.2, 0.25) is 0 Å². The largest absolute Gasteiger partial charge is 0.352 e. The minimum Gasteiger partial charge on any atom is -0.352 e. The molecule has 5 nitrogen and oxygen atoms in total. The zero-order valence-corrected chi connectivity index (χ0v) is 17.2. The lowest BCUT2D eigenvalue weighted by atomic mass is 9.86. The summed E-state index contributed by atoms with van der Waals surface area (Å²) >= 11 is 1.48. The van der Waals surface area contributed by atoms with Gasteiger partial charge in [0.1, 0.15) is 5.82 Å². The molecule has 0 unspecified atom stereocenters. The molecule has 3 aromatic rings. The Bertz CT molecular complexity index is 966. The van der Waals surface area contributed by atoms with Gasteiger partial charge >= 0.3 is 0 Å². The van der Waals surface area contributed by atoms with Crippen molar-refractivity contribution in [1.29, 1.82) is 0 Å². The Balaban J connectivity index is 1.35. The molecule has 0 aliphatic heterocycles. The predicted octanol–water partition coefficient (Wildman–Crippen LogP) is 4.72. The van der Waals surface area contributed by atoms with E-state index in [1.54, 1.807) is 0 Å². The number of imidazole rings is 1. The first-order valence-corrected chi connectivity index (χ1v) is 10.9. The number of nitrogens with one attached hydrogen (secondary N) is 2. The van der Waals surface area contributed by atoms with Crippen molar-refractivity contribution in [3.8, 4) is 11.4 Å². The fourth-order valence-electron chi connectivity index (χ4n) is 3.78. The number of aromatic amines is 1. The molecule has 1 aliphatic rings. The third kappa shape index (κ3) is 4.38. The fraction of sp³-hybridized carbons (Fsp3) is 0.409. The van der Waals surface area contributed by atoms with Gasteiger partial charge in [-0.25, -0.2) is 9.97 Å². The maximum absolute atomic E-state index is 12.3. The number of H-pyrrole nitrogens is 1. The van der Waals surface area contributed by atoms with Gasteiger partial charge in [0.05, 0.1) is 21.8 Å². The summed E-state index contributed by atoms with van der Waals surface area (Å²) in [6.07, 6.45) is 6.62. The van der Waals surface area contributed by atoms with Crippen LogP contribution >= 0.6 is 11.8 Å². The first kappa shape index (κ1) is 19.0. The van der Waals surface area contributed by atoms with Crippen molar-refractivity contribution in [3.05, 3.63) is 42.1 Å². The maximum Gasteiger partial charge on any atom is 0.230 e. The second-order valence-electron chi connectivity index (χ2n) is 7.72. The highest BCUT2D eigenvalue weighted by atomic mass is 32.2. The van der Waals surface area contributed by atoms with Gasteiger partial charge < -0.3 is 10.3 Å². The zero-order chi connectivity index (χ0) is 19.5. The zero-order valence-electron chi connectivity index (χ0n) is 16.4. The summed E-state index contributed by atoms with van der Waals surface area (Å²) in [5.74, 6) is 1.89. The van der Waals surface area contributed by atoms with E-state index < -0.39 is 0 Å². The molecule has 2 atom stereocenters. The number of amides is 1. The van der Waals surface area contributed by atoms with Gasteiger partial charge in [-0.15, -0.1) is 0 Å². The number of aryl methyl sites for hydroxylation is 1. The molecule has 1 amide bonds. The lowest BCUT2D eigenvalue weighted by Gasteiger charge is -2.29. The molecule has 2 aromatic heterocycles. The van der Waals surface area contributed by atoms with E-state index in [9.17, 15) is 4.79 Å². The summed E-state index contributed by atoms with van der Waals surface area (Å²) in [6, 6.07) is 10.5. The lowest BCUT2D eigenvalue weighted by molar-refractivity contribution is -0.119. The van der Waals surface area contributed by atoms with E-state index in [4.69, 9.17) is 0 Å². The van der Waals surface area contributed by atoms with Crippen molar-refractivity contribution in [1.82, 2.24) is 20.3 Å². The number of benzene rings is 1. The molecule has 2 heterocycles. The topological polar surface area (TPSA) is 70.7 Å². The molecule has 1 saturated carbocycles. The average Bonchev–Trinajstić information content (AvgIpc) is 3.12. The third-order valence-electron chi connectivity index (χ3n) is 5.46. The second kappa shape index (κ2) is 8.35. The summed E-state index contributed by atoms with van der Waals surface area (Å²) in [6.45, 7) is 4.30. The normalized spacial score (nSPS) is 19.6. The van der Waals surface area contributed by atoms with E-state index in [2.05, 4.69) is 46.2 Å². The number of fused-ring (bicyclic) bond motifs is 1. The van der Waals surface area contributed by atoms with Crippen LogP contribution in [0.3, 0.4) is 0 Å². The first-order valence-electron chi connectivity index (χ1n) is 9.93. The predicted molar refractivity (Wildman–Crippen MR) is 114 cm³/mol. The van der Waals surface area contributed by atoms with Crippen molar-refractivity contribution in [2.45, 2.75) is 50.6 Å². The summed E-state index contributed by atoms with van der Waals surface area (Å²) in [4.78, 5) is 24.8. The van der Waals surface area contributed by atoms with Crippen LogP contribution in [0.25, 0.3) is 22.4 Å². The average molecular weight is 395 g/mol. The summed E-state index contributed by atoms with van der Waals surface area (Å²) in [5.41, 5.74) is 4.13. The lowest BCUT2D eigenvalue weighted by Crippen LogP contribution is -2.41. The number of pyridine rings is 1. The van der Waals surface area contributed by atoms with Crippen LogP contribution in [0.5, 0.6) is 0 Å². The van der Waals surface area contributed by atoms with Crippen LogP contribution in [0.1, 0.15) is 38.2 Å². The van der Waals surface area contributed by atoms with Crippen LogP contribution in [0, 0.1) is 12.8 Å². The quantitative estimate of drug-likeness (QED) is 0.614. The Morgan fingerprint density at radius 2 is 2.11 bits per heavy atom. The highest BCUT2D eigenvalue weighted by Gasteiger charge is 2.22. The number of hydrogen-bond donors (Lipinski definition) is 2. The Hall–Kier alpha value is -2.34. The third-order valence-corrected chi connectivity index (χ3v) is 6.40. The molecule has 28 heavy (non-hydrogen) atoms. The number of aromatic nitrogens is 3. The molecule has 146 valence electrons. The van der Waals surface area contributed by atoms with E-state index in [-0.39, 0.29) is 5.91 Å².